The SMILES string of the molecule is CCN(C(=O)OC(C)(C)C)C(C)C. The lowest BCUT2D eigenvalue weighted by Crippen LogP contribution is -2.40. The predicted molar refractivity (Wildman–Crippen MR) is 53.8 cm³/mol. The molecule has 0 aromatic heterocycles. The van der Waals surface area contributed by atoms with E-state index in [2.05, 4.69) is 0 Å². The van der Waals surface area contributed by atoms with Crippen molar-refractivity contribution in [3.8, 4) is 0 Å². The van der Waals surface area contributed by atoms with Crippen LogP contribution in [0, 0.1) is 0 Å². The van der Waals surface area contributed by atoms with Crippen LogP contribution in [-0.2, 0) is 4.74 Å². The Hall–Kier alpha value is -0.730. The van der Waals surface area contributed by atoms with E-state index in [4.69, 9.17) is 4.74 Å². The number of amides is 1. The molecule has 1 amide bonds. The van der Waals surface area contributed by atoms with Crippen molar-refractivity contribution in [1.82, 2.24) is 4.90 Å². The fourth-order valence-electron chi connectivity index (χ4n) is 1.03. The molecule has 3 nitrogen and oxygen atoms in total. The lowest BCUT2D eigenvalue weighted by atomic mass is 10.2. The van der Waals surface area contributed by atoms with Gasteiger partial charge in [0.15, 0.2) is 0 Å². The Morgan fingerprint density at radius 3 is 2.08 bits per heavy atom. The van der Waals surface area contributed by atoms with Crippen molar-refractivity contribution in [3.63, 3.8) is 0 Å². The minimum absolute atomic E-state index is 0.194. The molecule has 0 bridgehead atoms. The Morgan fingerprint density at radius 2 is 1.85 bits per heavy atom. The first kappa shape index (κ1) is 12.3. The molecular weight excluding hydrogens is 166 g/mol. The second kappa shape index (κ2) is 4.49. The van der Waals surface area contributed by atoms with Gasteiger partial charge in [0.25, 0.3) is 0 Å². The third-order valence-corrected chi connectivity index (χ3v) is 1.59. The third-order valence-electron chi connectivity index (χ3n) is 1.59. The van der Waals surface area contributed by atoms with Crippen molar-refractivity contribution in [2.24, 2.45) is 0 Å². The molecule has 0 saturated carbocycles. The molecule has 0 aliphatic heterocycles. The first-order valence-electron chi connectivity index (χ1n) is 4.77. The molecule has 0 rings (SSSR count). The van der Waals surface area contributed by atoms with Gasteiger partial charge in [-0.2, -0.15) is 0 Å². The Kier molecular flexibility index (Phi) is 4.24. The van der Waals surface area contributed by atoms with Gasteiger partial charge in [0, 0.05) is 12.6 Å². The van der Waals surface area contributed by atoms with Crippen LogP contribution in [0.2, 0.25) is 0 Å². The highest BCUT2D eigenvalue weighted by Gasteiger charge is 2.22. The molecule has 0 radical (unpaired) electrons. The molecule has 0 N–H and O–H groups in total. The first-order chi connectivity index (χ1) is 5.78. The highest BCUT2D eigenvalue weighted by Crippen LogP contribution is 2.11. The Balaban J connectivity index is 4.23. The maximum Gasteiger partial charge on any atom is 0.410 e. The number of rotatable bonds is 2. The zero-order valence-corrected chi connectivity index (χ0v) is 9.55. The van der Waals surface area contributed by atoms with Gasteiger partial charge in [-0.05, 0) is 41.5 Å². The van der Waals surface area contributed by atoms with Crippen LogP contribution in [0.4, 0.5) is 4.79 Å². The number of carbonyl (C=O) groups excluding carboxylic acids is 1. The van der Waals surface area contributed by atoms with Gasteiger partial charge in [-0.3, -0.25) is 0 Å². The molecule has 0 aliphatic rings. The molecule has 0 aliphatic carbocycles. The van der Waals surface area contributed by atoms with Crippen LogP contribution in [0.5, 0.6) is 0 Å². The van der Waals surface area contributed by atoms with E-state index in [1.807, 2.05) is 41.5 Å². The molecule has 13 heavy (non-hydrogen) atoms. The lowest BCUT2D eigenvalue weighted by molar-refractivity contribution is 0.0203. The van der Waals surface area contributed by atoms with Crippen molar-refractivity contribution in [2.45, 2.75) is 53.2 Å². The summed E-state index contributed by atoms with van der Waals surface area (Å²) in [6.07, 6.45) is -0.231. The number of carbonyl (C=O) groups is 1. The van der Waals surface area contributed by atoms with Gasteiger partial charge in [-0.15, -0.1) is 0 Å². The number of hydrogen-bond donors (Lipinski definition) is 0. The van der Waals surface area contributed by atoms with Crippen LogP contribution in [0.1, 0.15) is 41.5 Å². The normalized spacial score (nSPS) is 11.6. The average molecular weight is 187 g/mol. The van der Waals surface area contributed by atoms with E-state index in [1.54, 1.807) is 4.90 Å². The molecule has 0 aromatic rings. The lowest BCUT2D eigenvalue weighted by Gasteiger charge is -2.29. The Morgan fingerprint density at radius 1 is 1.38 bits per heavy atom. The molecule has 3 heteroatoms. The van der Waals surface area contributed by atoms with Gasteiger partial charge in [0.2, 0.25) is 0 Å². The zero-order chi connectivity index (χ0) is 10.6. The second-order valence-corrected chi connectivity index (χ2v) is 4.36. The van der Waals surface area contributed by atoms with Crippen LogP contribution < -0.4 is 0 Å². The average Bonchev–Trinajstić information content (AvgIpc) is 1.82. The summed E-state index contributed by atoms with van der Waals surface area (Å²) >= 11 is 0. The molecular formula is C10H21NO2. The van der Waals surface area contributed by atoms with Crippen molar-refractivity contribution < 1.29 is 9.53 Å². The molecule has 0 atom stereocenters. The van der Waals surface area contributed by atoms with E-state index in [-0.39, 0.29) is 12.1 Å². The fourth-order valence-corrected chi connectivity index (χ4v) is 1.03. The van der Waals surface area contributed by atoms with E-state index < -0.39 is 5.60 Å². The summed E-state index contributed by atoms with van der Waals surface area (Å²) in [5.41, 5.74) is -0.403. The van der Waals surface area contributed by atoms with Gasteiger partial charge >= 0.3 is 6.09 Å². The highest BCUT2D eigenvalue weighted by molar-refractivity contribution is 5.68. The molecule has 0 unspecified atom stereocenters. The van der Waals surface area contributed by atoms with Crippen LogP contribution >= 0.6 is 0 Å². The van der Waals surface area contributed by atoms with Crippen molar-refractivity contribution in [1.29, 1.82) is 0 Å². The standard InChI is InChI=1S/C10H21NO2/c1-7-11(8(2)3)9(12)13-10(4,5)6/h8H,7H2,1-6H3. The molecule has 0 saturated heterocycles. The van der Waals surface area contributed by atoms with Crippen LogP contribution in [0.3, 0.4) is 0 Å². The van der Waals surface area contributed by atoms with E-state index >= 15 is 0 Å². The Bertz CT molecular complexity index is 170. The summed E-state index contributed by atoms with van der Waals surface area (Å²) in [7, 11) is 0. The summed E-state index contributed by atoms with van der Waals surface area (Å²) < 4.78 is 5.24. The third kappa shape index (κ3) is 4.76. The predicted octanol–water partition coefficient (Wildman–Crippen LogP) is 2.65. The first-order valence-corrected chi connectivity index (χ1v) is 4.77. The minimum atomic E-state index is -0.403. The van der Waals surface area contributed by atoms with Gasteiger partial charge in [-0.1, -0.05) is 0 Å². The fraction of sp³-hybridized carbons (Fsp3) is 0.900. The highest BCUT2D eigenvalue weighted by atomic mass is 16.6. The van der Waals surface area contributed by atoms with Crippen LogP contribution in [0.25, 0.3) is 0 Å². The monoisotopic (exact) mass is 187 g/mol. The number of nitrogens with zero attached hydrogens (tertiary/aromatic N) is 1. The summed E-state index contributed by atoms with van der Waals surface area (Å²) in [4.78, 5) is 13.2. The molecule has 0 heterocycles. The van der Waals surface area contributed by atoms with Crippen molar-refractivity contribution in [3.05, 3.63) is 0 Å². The van der Waals surface area contributed by atoms with E-state index in [0.717, 1.165) is 0 Å². The molecule has 0 aromatic carbocycles. The van der Waals surface area contributed by atoms with E-state index in [0.29, 0.717) is 6.54 Å². The summed E-state index contributed by atoms with van der Waals surface area (Å²) in [5, 5.41) is 0. The maximum atomic E-state index is 11.5. The van der Waals surface area contributed by atoms with Crippen LogP contribution in [-0.4, -0.2) is 29.2 Å². The quantitative estimate of drug-likeness (QED) is 0.665. The van der Waals surface area contributed by atoms with Crippen molar-refractivity contribution in [2.75, 3.05) is 6.54 Å². The summed E-state index contributed by atoms with van der Waals surface area (Å²) in [6.45, 7) is 12.2. The molecule has 78 valence electrons. The maximum absolute atomic E-state index is 11.5. The van der Waals surface area contributed by atoms with Crippen LogP contribution in [0.15, 0.2) is 0 Å². The second-order valence-electron chi connectivity index (χ2n) is 4.36. The molecule has 0 fully saturated rings. The summed E-state index contributed by atoms with van der Waals surface area (Å²) in [5.74, 6) is 0. The molecule has 0 spiro atoms. The van der Waals surface area contributed by atoms with Gasteiger partial charge in [0.1, 0.15) is 5.60 Å². The number of ether oxygens (including phenoxy) is 1. The zero-order valence-electron chi connectivity index (χ0n) is 9.55. The van der Waals surface area contributed by atoms with Gasteiger partial charge in [-0.25, -0.2) is 4.79 Å². The van der Waals surface area contributed by atoms with Crippen molar-refractivity contribution >= 4 is 6.09 Å². The van der Waals surface area contributed by atoms with Gasteiger partial charge in [0.05, 0.1) is 0 Å². The Labute approximate surface area is 81.1 Å². The van der Waals surface area contributed by atoms with Gasteiger partial charge < -0.3 is 9.64 Å². The van der Waals surface area contributed by atoms with E-state index in [1.165, 1.54) is 0 Å². The minimum Gasteiger partial charge on any atom is -0.444 e. The number of hydrogen-bond acceptors (Lipinski definition) is 2. The largest absolute Gasteiger partial charge is 0.444 e. The topological polar surface area (TPSA) is 29.5 Å². The van der Waals surface area contributed by atoms with E-state index in [9.17, 15) is 4.79 Å². The summed E-state index contributed by atoms with van der Waals surface area (Å²) in [6, 6.07) is 0.194. The smallest absolute Gasteiger partial charge is 0.410 e.